The lowest BCUT2D eigenvalue weighted by Gasteiger charge is -2.05. The fourth-order valence-corrected chi connectivity index (χ4v) is 1.92. The lowest BCUT2D eigenvalue weighted by Crippen LogP contribution is -1.98. The fourth-order valence-electron chi connectivity index (χ4n) is 1.74. The van der Waals surface area contributed by atoms with Crippen LogP contribution in [0.1, 0.15) is 5.56 Å². The molecule has 1 atom stereocenters. The SMILES string of the molecule is O=NC(Cl)Cc1cccc(-c2ccccc2)c1. The molecule has 2 aromatic rings. The van der Waals surface area contributed by atoms with Gasteiger partial charge in [-0.3, -0.25) is 0 Å². The van der Waals surface area contributed by atoms with E-state index in [4.69, 9.17) is 11.6 Å². The van der Waals surface area contributed by atoms with E-state index < -0.39 is 5.50 Å². The van der Waals surface area contributed by atoms with Gasteiger partial charge in [-0.25, -0.2) is 0 Å². The van der Waals surface area contributed by atoms with Gasteiger partial charge in [-0.05, 0) is 21.9 Å². The van der Waals surface area contributed by atoms with Crippen molar-refractivity contribution in [1.82, 2.24) is 0 Å². The number of nitroso groups, excluding NO2 is 1. The molecule has 0 aliphatic heterocycles. The van der Waals surface area contributed by atoms with Crippen molar-refractivity contribution in [2.45, 2.75) is 11.9 Å². The largest absolute Gasteiger partial charge is 0.169 e. The van der Waals surface area contributed by atoms with E-state index in [0.29, 0.717) is 6.42 Å². The molecule has 0 N–H and O–H groups in total. The van der Waals surface area contributed by atoms with Gasteiger partial charge in [0.2, 0.25) is 0 Å². The van der Waals surface area contributed by atoms with E-state index >= 15 is 0 Å². The Labute approximate surface area is 105 Å². The monoisotopic (exact) mass is 245 g/mol. The molecule has 0 saturated heterocycles. The standard InChI is InChI=1S/C14H12ClNO/c15-14(16-17)10-11-5-4-8-13(9-11)12-6-2-1-3-7-12/h1-9,14H,10H2. The molecule has 2 nitrogen and oxygen atoms in total. The summed E-state index contributed by atoms with van der Waals surface area (Å²) in [5.41, 5.74) is 2.60. The molecule has 0 radical (unpaired) electrons. The van der Waals surface area contributed by atoms with E-state index in [2.05, 4.69) is 17.3 Å². The van der Waals surface area contributed by atoms with Crippen LogP contribution in [0.4, 0.5) is 0 Å². The highest BCUT2D eigenvalue weighted by molar-refractivity contribution is 6.20. The molecule has 0 spiro atoms. The van der Waals surface area contributed by atoms with Crippen molar-refractivity contribution in [3.8, 4) is 11.1 Å². The highest BCUT2D eigenvalue weighted by Crippen LogP contribution is 2.21. The molecule has 0 saturated carbocycles. The van der Waals surface area contributed by atoms with Crippen LogP contribution in [0.3, 0.4) is 0 Å². The van der Waals surface area contributed by atoms with E-state index in [-0.39, 0.29) is 0 Å². The molecule has 1 unspecified atom stereocenters. The van der Waals surface area contributed by atoms with Crippen LogP contribution in [0.2, 0.25) is 0 Å². The van der Waals surface area contributed by atoms with Crippen molar-refractivity contribution in [1.29, 1.82) is 0 Å². The molecule has 0 bridgehead atoms. The first-order valence-corrected chi connectivity index (χ1v) is 5.84. The Morgan fingerprint density at radius 3 is 2.41 bits per heavy atom. The number of halogens is 1. The van der Waals surface area contributed by atoms with Gasteiger partial charge in [0.05, 0.1) is 0 Å². The van der Waals surface area contributed by atoms with Gasteiger partial charge in [0.15, 0.2) is 5.50 Å². The maximum absolute atomic E-state index is 10.3. The Balaban J connectivity index is 2.26. The lowest BCUT2D eigenvalue weighted by atomic mass is 10.0. The zero-order chi connectivity index (χ0) is 12.1. The minimum atomic E-state index is -0.693. The van der Waals surface area contributed by atoms with E-state index in [1.54, 1.807) is 0 Å². The van der Waals surface area contributed by atoms with Crippen molar-refractivity contribution in [3.05, 3.63) is 65.1 Å². The molecule has 0 aliphatic carbocycles. The molecule has 2 rings (SSSR count). The number of nitrogens with zero attached hydrogens (tertiary/aromatic N) is 1. The third-order valence-corrected chi connectivity index (χ3v) is 2.79. The Morgan fingerprint density at radius 2 is 1.71 bits per heavy atom. The predicted octanol–water partition coefficient (Wildman–Crippen LogP) is 4.23. The smallest absolute Gasteiger partial charge is 0.149 e. The summed E-state index contributed by atoms with van der Waals surface area (Å²) in [6.45, 7) is 0. The average molecular weight is 246 g/mol. The second-order valence-corrected chi connectivity index (χ2v) is 4.31. The second kappa shape index (κ2) is 5.60. The van der Waals surface area contributed by atoms with Gasteiger partial charge in [-0.15, -0.1) is 4.91 Å². The number of benzene rings is 2. The first-order valence-electron chi connectivity index (χ1n) is 5.40. The lowest BCUT2D eigenvalue weighted by molar-refractivity contribution is 0.883. The molecule has 2 aromatic carbocycles. The van der Waals surface area contributed by atoms with E-state index in [0.717, 1.165) is 16.7 Å². The maximum Gasteiger partial charge on any atom is 0.169 e. The number of alkyl halides is 1. The van der Waals surface area contributed by atoms with Gasteiger partial charge in [0, 0.05) is 6.42 Å². The molecule has 0 heterocycles. The molecular weight excluding hydrogens is 234 g/mol. The molecule has 0 aliphatic rings. The molecule has 0 amide bonds. The van der Waals surface area contributed by atoms with Crippen LogP contribution < -0.4 is 0 Å². The normalized spacial score (nSPS) is 12.1. The number of rotatable bonds is 4. The molecule has 0 fully saturated rings. The first-order chi connectivity index (χ1) is 8.29. The average Bonchev–Trinajstić information content (AvgIpc) is 2.40. The summed E-state index contributed by atoms with van der Waals surface area (Å²) in [6.07, 6.45) is 0.464. The van der Waals surface area contributed by atoms with Crippen LogP contribution in [-0.4, -0.2) is 5.50 Å². The van der Waals surface area contributed by atoms with Crippen LogP contribution in [0.25, 0.3) is 11.1 Å². The minimum Gasteiger partial charge on any atom is -0.149 e. The maximum atomic E-state index is 10.3. The summed E-state index contributed by atoms with van der Waals surface area (Å²) in [5, 5.41) is 2.80. The van der Waals surface area contributed by atoms with Crippen LogP contribution in [0.5, 0.6) is 0 Å². The second-order valence-electron chi connectivity index (χ2n) is 3.81. The Morgan fingerprint density at radius 1 is 1.00 bits per heavy atom. The van der Waals surface area contributed by atoms with Crippen molar-refractivity contribution in [3.63, 3.8) is 0 Å². The summed E-state index contributed by atoms with van der Waals surface area (Å²) in [6, 6.07) is 18.1. The van der Waals surface area contributed by atoms with Crippen LogP contribution >= 0.6 is 11.6 Å². The number of hydrogen-bond acceptors (Lipinski definition) is 2. The summed E-state index contributed by atoms with van der Waals surface area (Å²) < 4.78 is 0. The third kappa shape index (κ3) is 3.14. The van der Waals surface area contributed by atoms with E-state index in [1.807, 2.05) is 42.5 Å². The van der Waals surface area contributed by atoms with Gasteiger partial charge in [0.25, 0.3) is 0 Å². The highest BCUT2D eigenvalue weighted by atomic mass is 35.5. The predicted molar refractivity (Wildman–Crippen MR) is 71.0 cm³/mol. The summed E-state index contributed by atoms with van der Waals surface area (Å²) >= 11 is 5.72. The molecular formula is C14H12ClNO. The van der Waals surface area contributed by atoms with E-state index in [9.17, 15) is 4.91 Å². The van der Waals surface area contributed by atoms with Crippen molar-refractivity contribution < 1.29 is 0 Å². The van der Waals surface area contributed by atoms with Gasteiger partial charge in [-0.2, -0.15) is 0 Å². The van der Waals surface area contributed by atoms with E-state index in [1.165, 1.54) is 0 Å². The fraction of sp³-hybridized carbons (Fsp3) is 0.143. The van der Waals surface area contributed by atoms with Gasteiger partial charge >= 0.3 is 0 Å². The Kier molecular flexibility index (Phi) is 3.89. The van der Waals surface area contributed by atoms with Gasteiger partial charge in [-0.1, -0.05) is 66.2 Å². The van der Waals surface area contributed by atoms with Crippen molar-refractivity contribution >= 4 is 11.6 Å². The van der Waals surface area contributed by atoms with Crippen molar-refractivity contribution in [2.75, 3.05) is 0 Å². The molecule has 17 heavy (non-hydrogen) atoms. The highest BCUT2D eigenvalue weighted by Gasteiger charge is 2.06. The summed E-state index contributed by atoms with van der Waals surface area (Å²) in [4.78, 5) is 10.3. The van der Waals surface area contributed by atoms with Crippen LogP contribution in [0, 0.1) is 4.91 Å². The summed E-state index contributed by atoms with van der Waals surface area (Å²) in [5.74, 6) is 0. The van der Waals surface area contributed by atoms with Gasteiger partial charge < -0.3 is 0 Å². The van der Waals surface area contributed by atoms with Crippen LogP contribution in [-0.2, 0) is 6.42 Å². The molecule has 3 heteroatoms. The molecule has 86 valence electrons. The van der Waals surface area contributed by atoms with Crippen molar-refractivity contribution in [2.24, 2.45) is 5.18 Å². The quantitative estimate of drug-likeness (QED) is 0.450. The zero-order valence-corrected chi connectivity index (χ0v) is 9.97. The minimum absolute atomic E-state index is 0.464. The molecule has 0 aromatic heterocycles. The Hall–Kier alpha value is -1.67. The third-order valence-electron chi connectivity index (χ3n) is 2.55. The zero-order valence-electron chi connectivity index (χ0n) is 9.21. The Bertz CT molecular complexity index is 499. The first kappa shape index (κ1) is 11.8. The van der Waals surface area contributed by atoms with Crippen LogP contribution in [0.15, 0.2) is 59.8 Å². The van der Waals surface area contributed by atoms with Gasteiger partial charge in [0.1, 0.15) is 0 Å². The number of hydrogen-bond donors (Lipinski definition) is 0. The summed E-state index contributed by atoms with van der Waals surface area (Å²) in [7, 11) is 0. The topological polar surface area (TPSA) is 29.4 Å².